The Morgan fingerprint density at radius 2 is 1.68 bits per heavy atom. The number of rotatable bonds is 1. The van der Waals surface area contributed by atoms with Gasteiger partial charge in [-0.15, -0.1) is 0 Å². The third kappa shape index (κ3) is 2.07. The summed E-state index contributed by atoms with van der Waals surface area (Å²) in [7, 11) is 0. The fourth-order valence-electron chi connectivity index (χ4n) is 3.82. The van der Waals surface area contributed by atoms with Crippen molar-refractivity contribution in [3.63, 3.8) is 0 Å². The predicted octanol–water partition coefficient (Wildman–Crippen LogP) is 4.77. The summed E-state index contributed by atoms with van der Waals surface area (Å²) in [5, 5.41) is 1.26. The SMILES string of the molecule is C[C@@H]1CC(=O)C[C@H](c2ccccc2)c2[nH]c3ccccc3c21. The molecule has 0 saturated carbocycles. The molecule has 0 unspecified atom stereocenters. The van der Waals surface area contributed by atoms with Crippen molar-refractivity contribution in [2.45, 2.75) is 31.6 Å². The molecular formula is C20H19NO. The van der Waals surface area contributed by atoms with Crippen LogP contribution in [0.4, 0.5) is 0 Å². The molecular weight excluding hydrogens is 270 g/mol. The number of fused-ring (bicyclic) bond motifs is 3. The molecule has 3 aromatic rings. The number of nitrogens with one attached hydrogen (secondary N) is 1. The molecule has 0 fully saturated rings. The largest absolute Gasteiger partial charge is 0.358 e. The van der Waals surface area contributed by atoms with Crippen LogP contribution in [0.3, 0.4) is 0 Å². The highest BCUT2D eigenvalue weighted by atomic mass is 16.1. The number of benzene rings is 2. The van der Waals surface area contributed by atoms with Gasteiger partial charge in [-0.1, -0.05) is 55.5 Å². The van der Waals surface area contributed by atoms with Crippen LogP contribution in [0.2, 0.25) is 0 Å². The van der Waals surface area contributed by atoms with Gasteiger partial charge in [0.1, 0.15) is 5.78 Å². The van der Waals surface area contributed by atoms with E-state index in [-0.39, 0.29) is 11.8 Å². The van der Waals surface area contributed by atoms with Crippen molar-refractivity contribution in [3.8, 4) is 0 Å². The Balaban J connectivity index is 1.97. The minimum absolute atomic E-state index is 0.140. The van der Waals surface area contributed by atoms with Gasteiger partial charge >= 0.3 is 0 Å². The van der Waals surface area contributed by atoms with E-state index in [1.165, 1.54) is 27.7 Å². The number of ketones is 1. The summed E-state index contributed by atoms with van der Waals surface area (Å²) in [4.78, 5) is 16.0. The summed E-state index contributed by atoms with van der Waals surface area (Å²) in [6.45, 7) is 2.17. The molecule has 0 radical (unpaired) electrons. The predicted molar refractivity (Wildman–Crippen MR) is 89.2 cm³/mol. The lowest BCUT2D eigenvalue weighted by molar-refractivity contribution is -0.119. The summed E-state index contributed by atoms with van der Waals surface area (Å²) in [5.41, 5.74) is 4.95. The maximum atomic E-state index is 12.4. The number of hydrogen-bond donors (Lipinski definition) is 1. The minimum atomic E-state index is 0.140. The molecule has 0 aliphatic heterocycles. The van der Waals surface area contributed by atoms with Gasteiger partial charge in [0.25, 0.3) is 0 Å². The zero-order valence-corrected chi connectivity index (χ0v) is 12.7. The second-order valence-electron chi connectivity index (χ2n) is 6.31. The van der Waals surface area contributed by atoms with Crippen molar-refractivity contribution < 1.29 is 4.79 Å². The minimum Gasteiger partial charge on any atom is -0.358 e. The van der Waals surface area contributed by atoms with E-state index in [9.17, 15) is 4.79 Å². The quantitative estimate of drug-likeness (QED) is 0.643. The standard InChI is InChI=1S/C20H19NO/c1-13-11-15(22)12-17(14-7-3-2-4-8-14)20-19(13)16-9-5-6-10-18(16)21-20/h2-10,13,17,21H,11-12H2,1H3/t13-,17-/m1/s1. The van der Waals surface area contributed by atoms with Crippen molar-refractivity contribution >= 4 is 16.7 Å². The maximum Gasteiger partial charge on any atom is 0.134 e. The molecule has 110 valence electrons. The molecule has 2 aromatic carbocycles. The first-order valence-electron chi connectivity index (χ1n) is 7.91. The molecule has 2 heteroatoms. The van der Waals surface area contributed by atoms with Crippen LogP contribution in [0.25, 0.3) is 10.9 Å². The molecule has 0 saturated heterocycles. The first kappa shape index (κ1) is 13.3. The Bertz CT molecular complexity index is 831. The second-order valence-corrected chi connectivity index (χ2v) is 6.31. The van der Waals surface area contributed by atoms with Gasteiger partial charge in [-0.2, -0.15) is 0 Å². The number of hydrogen-bond acceptors (Lipinski definition) is 1. The number of Topliss-reactive ketones (excluding diaryl/α,β-unsaturated/α-hetero) is 1. The Morgan fingerprint density at radius 3 is 2.50 bits per heavy atom. The highest BCUT2D eigenvalue weighted by Crippen LogP contribution is 2.42. The van der Waals surface area contributed by atoms with Gasteiger partial charge in [-0.25, -0.2) is 0 Å². The molecule has 1 aliphatic rings. The van der Waals surface area contributed by atoms with Crippen LogP contribution in [-0.2, 0) is 4.79 Å². The van der Waals surface area contributed by atoms with E-state index < -0.39 is 0 Å². The second kappa shape index (κ2) is 5.13. The van der Waals surface area contributed by atoms with Gasteiger partial charge in [0.2, 0.25) is 0 Å². The Kier molecular flexibility index (Phi) is 3.11. The number of carbonyl (C=O) groups is 1. The molecule has 0 spiro atoms. The van der Waals surface area contributed by atoms with Crippen molar-refractivity contribution in [3.05, 3.63) is 71.4 Å². The summed E-state index contributed by atoms with van der Waals surface area (Å²) in [6, 6.07) is 18.8. The van der Waals surface area contributed by atoms with Crippen molar-refractivity contribution in [2.75, 3.05) is 0 Å². The summed E-state index contributed by atoms with van der Waals surface area (Å²) in [6.07, 6.45) is 1.23. The first-order valence-corrected chi connectivity index (χ1v) is 7.91. The number of H-pyrrole nitrogens is 1. The van der Waals surface area contributed by atoms with Gasteiger partial charge in [-0.05, 0) is 23.1 Å². The third-order valence-electron chi connectivity index (χ3n) is 4.79. The summed E-state index contributed by atoms with van der Waals surface area (Å²) in [5.74, 6) is 0.767. The lowest BCUT2D eigenvalue weighted by Gasteiger charge is -2.15. The highest BCUT2D eigenvalue weighted by Gasteiger charge is 2.30. The van der Waals surface area contributed by atoms with E-state index in [4.69, 9.17) is 0 Å². The number of aromatic amines is 1. The molecule has 4 rings (SSSR count). The van der Waals surface area contributed by atoms with Gasteiger partial charge in [-0.3, -0.25) is 4.79 Å². The van der Waals surface area contributed by atoms with Crippen LogP contribution >= 0.6 is 0 Å². The van der Waals surface area contributed by atoms with E-state index in [2.05, 4.69) is 60.4 Å². The topological polar surface area (TPSA) is 32.9 Å². The monoisotopic (exact) mass is 289 g/mol. The molecule has 0 bridgehead atoms. The lowest BCUT2D eigenvalue weighted by atomic mass is 9.89. The third-order valence-corrected chi connectivity index (χ3v) is 4.79. The van der Waals surface area contributed by atoms with Gasteiger partial charge in [0.15, 0.2) is 0 Å². The Hall–Kier alpha value is -2.35. The summed E-state index contributed by atoms with van der Waals surface area (Å²) < 4.78 is 0. The average Bonchev–Trinajstić information content (AvgIpc) is 2.87. The fourth-order valence-corrected chi connectivity index (χ4v) is 3.82. The van der Waals surface area contributed by atoms with Crippen molar-refractivity contribution in [1.82, 2.24) is 4.98 Å². The first-order chi connectivity index (χ1) is 10.7. The molecule has 1 N–H and O–H groups in total. The average molecular weight is 289 g/mol. The van der Waals surface area contributed by atoms with Crippen LogP contribution in [-0.4, -0.2) is 10.8 Å². The molecule has 2 nitrogen and oxygen atoms in total. The number of aromatic nitrogens is 1. The van der Waals surface area contributed by atoms with E-state index >= 15 is 0 Å². The number of para-hydroxylation sites is 1. The van der Waals surface area contributed by atoms with Crippen LogP contribution in [0.5, 0.6) is 0 Å². The molecule has 1 heterocycles. The van der Waals surface area contributed by atoms with Crippen LogP contribution in [0.15, 0.2) is 54.6 Å². The van der Waals surface area contributed by atoms with Crippen LogP contribution in [0, 0.1) is 0 Å². The maximum absolute atomic E-state index is 12.4. The van der Waals surface area contributed by atoms with Crippen LogP contribution < -0.4 is 0 Å². The molecule has 22 heavy (non-hydrogen) atoms. The molecule has 1 aliphatic carbocycles. The van der Waals surface area contributed by atoms with E-state index in [0.29, 0.717) is 18.6 Å². The Labute approximate surface area is 130 Å². The normalized spacial score (nSPS) is 21.6. The fraction of sp³-hybridized carbons (Fsp3) is 0.250. The van der Waals surface area contributed by atoms with Crippen LogP contribution in [0.1, 0.15) is 48.4 Å². The smallest absolute Gasteiger partial charge is 0.134 e. The zero-order valence-electron chi connectivity index (χ0n) is 12.7. The lowest BCUT2D eigenvalue weighted by Crippen LogP contribution is -2.06. The number of carbonyl (C=O) groups excluding carboxylic acids is 1. The van der Waals surface area contributed by atoms with E-state index in [1.807, 2.05) is 6.07 Å². The van der Waals surface area contributed by atoms with E-state index in [0.717, 1.165) is 0 Å². The van der Waals surface area contributed by atoms with Gasteiger partial charge in [0, 0.05) is 35.4 Å². The van der Waals surface area contributed by atoms with Gasteiger partial charge in [0.05, 0.1) is 0 Å². The van der Waals surface area contributed by atoms with Crippen molar-refractivity contribution in [2.24, 2.45) is 0 Å². The van der Waals surface area contributed by atoms with E-state index in [1.54, 1.807) is 0 Å². The molecule has 2 atom stereocenters. The molecule has 0 amide bonds. The Morgan fingerprint density at radius 1 is 0.955 bits per heavy atom. The highest BCUT2D eigenvalue weighted by molar-refractivity contribution is 5.89. The molecule has 1 aromatic heterocycles. The van der Waals surface area contributed by atoms with Crippen molar-refractivity contribution in [1.29, 1.82) is 0 Å². The summed E-state index contributed by atoms with van der Waals surface area (Å²) >= 11 is 0. The zero-order chi connectivity index (χ0) is 15.1. The van der Waals surface area contributed by atoms with Gasteiger partial charge < -0.3 is 4.98 Å².